The van der Waals surface area contributed by atoms with E-state index in [1.807, 2.05) is 0 Å². The van der Waals surface area contributed by atoms with Gasteiger partial charge in [0.15, 0.2) is 0 Å². The second kappa shape index (κ2) is 7.24. The van der Waals surface area contributed by atoms with E-state index in [2.05, 4.69) is 10.0 Å². The lowest BCUT2D eigenvalue weighted by atomic mass is 10.0. The zero-order valence-electron chi connectivity index (χ0n) is 9.55. The molecule has 2 N–H and O–H groups in total. The summed E-state index contributed by atoms with van der Waals surface area (Å²) in [6.07, 6.45) is 1.41. The zero-order valence-corrected chi connectivity index (χ0v) is 9.55. The van der Waals surface area contributed by atoms with Gasteiger partial charge in [-0.3, -0.25) is 4.79 Å². The number of azide groups is 1. The first-order chi connectivity index (χ1) is 8.69. The molecule has 0 aromatic heterocycles. The van der Waals surface area contributed by atoms with Gasteiger partial charge >= 0.3 is 0 Å². The first-order valence-corrected chi connectivity index (χ1v) is 5.28. The highest BCUT2D eigenvalue weighted by Crippen LogP contribution is 2.18. The number of hydrogen-bond donors (Lipinski definition) is 2. The number of aliphatic hydroxyl groups excluding tert-OH is 2. The Labute approximate surface area is 104 Å². The van der Waals surface area contributed by atoms with Gasteiger partial charge in [0.1, 0.15) is 12.4 Å². The van der Waals surface area contributed by atoms with Crippen LogP contribution >= 0.6 is 0 Å². The minimum absolute atomic E-state index is 0.190. The second-order valence-electron chi connectivity index (χ2n) is 3.59. The van der Waals surface area contributed by atoms with Crippen molar-refractivity contribution in [1.82, 2.24) is 0 Å². The molecule has 0 aliphatic rings. The smallest absolute Gasteiger partial charge is 0.142 e. The average molecular weight is 247 g/mol. The predicted molar refractivity (Wildman–Crippen MR) is 66.5 cm³/mol. The van der Waals surface area contributed by atoms with E-state index < -0.39 is 12.2 Å². The average Bonchev–Trinajstić information content (AvgIpc) is 2.42. The maximum atomic E-state index is 10.1. The highest BCUT2D eigenvalue weighted by Gasteiger charge is 2.17. The Morgan fingerprint density at radius 3 is 2.56 bits per heavy atom. The van der Waals surface area contributed by atoms with Crippen molar-refractivity contribution in [3.05, 3.63) is 51.9 Å². The molecule has 6 heteroatoms. The van der Waals surface area contributed by atoms with Crippen LogP contribution < -0.4 is 0 Å². The van der Waals surface area contributed by atoms with Gasteiger partial charge in [-0.05, 0) is 22.7 Å². The number of rotatable bonds is 6. The van der Waals surface area contributed by atoms with E-state index in [-0.39, 0.29) is 6.54 Å². The highest BCUT2D eigenvalue weighted by atomic mass is 16.3. The molecule has 18 heavy (non-hydrogen) atoms. The lowest BCUT2D eigenvalue weighted by molar-refractivity contribution is -0.104. The Kier molecular flexibility index (Phi) is 5.60. The molecule has 0 amide bonds. The van der Waals surface area contributed by atoms with Gasteiger partial charge in [0.05, 0.1) is 12.6 Å². The van der Waals surface area contributed by atoms with Crippen LogP contribution in [0.2, 0.25) is 0 Å². The maximum Gasteiger partial charge on any atom is 0.142 e. The number of aldehydes is 1. The Hall–Kier alpha value is -2.14. The third kappa shape index (κ3) is 4.03. The Bertz CT molecular complexity index is 464. The van der Waals surface area contributed by atoms with Crippen LogP contribution in [0, 0.1) is 0 Å². The van der Waals surface area contributed by atoms with E-state index >= 15 is 0 Å². The summed E-state index contributed by atoms with van der Waals surface area (Å²) in [6, 6.07) is 6.68. The molecule has 0 bridgehead atoms. The normalized spacial score (nSPS) is 13.9. The van der Waals surface area contributed by atoms with Gasteiger partial charge in [-0.15, -0.1) is 0 Å². The Morgan fingerprint density at radius 2 is 2.00 bits per heavy atom. The van der Waals surface area contributed by atoms with Gasteiger partial charge < -0.3 is 10.2 Å². The summed E-state index contributed by atoms with van der Waals surface area (Å²) < 4.78 is 0. The van der Waals surface area contributed by atoms with Crippen molar-refractivity contribution < 1.29 is 15.0 Å². The van der Waals surface area contributed by atoms with Crippen LogP contribution in [-0.2, 0) is 4.79 Å². The van der Waals surface area contributed by atoms with E-state index in [9.17, 15) is 15.0 Å². The zero-order chi connectivity index (χ0) is 13.4. The molecule has 0 saturated heterocycles. The van der Waals surface area contributed by atoms with Crippen molar-refractivity contribution in [3.63, 3.8) is 0 Å². The quantitative estimate of drug-likeness (QED) is 0.262. The van der Waals surface area contributed by atoms with Crippen molar-refractivity contribution >= 4 is 12.4 Å². The topological polar surface area (TPSA) is 106 Å². The molecule has 0 spiro atoms. The fourth-order valence-corrected chi connectivity index (χ4v) is 1.40. The molecular weight excluding hydrogens is 234 g/mol. The largest absolute Gasteiger partial charge is 0.390 e. The number of hydrogen-bond acceptors (Lipinski definition) is 4. The van der Waals surface area contributed by atoms with Crippen LogP contribution in [0.25, 0.3) is 16.5 Å². The second-order valence-corrected chi connectivity index (χ2v) is 3.59. The fraction of sp³-hybridized carbons (Fsp3) is 0.250. The third-order valence-corrected chi connectivity index (χ3v) is 2.34. The Balaban J connectivity index is 2.74. The summed E-state index contributed by atoms with van der Waals surface area (Å²) in [4.78, 5) is 12.7. The van der Waals surface area contributed by atoms with Crippen LogP contribution in [0.1, 0.15) is 17.2 Å². The third-order valence-electron chi connectivity index (χ3n) is 2.34. The Morgan fingerprint density at radius 1 is 1.33 bits per heavy atom. The first-order valence-electron chi connectivity index (χ1n) is 5.28. The first kappa shape index (κ1) is 13.9. The molecule has 94 valence electrons. The summed E-state index contributed by atoms with van der Waals surface area (Å²) in [7, 11) is 0. The molecule has 2 unspecified atom stereocenters. The van der Waals surface area contributed by atoms with Gasteiger partial charge in [-0.1, -0.05) is 35.5 Å². The van der Waals surface area contributed by atoms with E-state index in [4.69, 9.17) is 5.53 Å². The number of carbonyl (C=O) groups excluding carboxylic acids is 1. The molecule has 1 rings (SSSR count). The van der Waals surface area contributed by atoms with E-state index in [1.165, 1.54) is 6.08 Å². The molecule has 6 nitrogen and oxygen atoms in total. The summed E-state index contributed by atoms with van der Waals surface area (Å²) in [5.74, 6) is 0. The molecule has 0 saturated carbocycles. The molecule has 0 aliphatic carbocycles. The van der Waals surface area contributed by atoms with E-state index in [0.29, 0.717) is 11.8 Å². The van der Waals surface area contributed by atoms with Gasteiger partial charge in [-0.25, -0.2) is 0 Å². The van der Waals surface area contributed by atoms with Crippen molar-refractivity contribution in [1.29, 1.82) is 0 Å². The van der Waals surface area contributed by atoms with Crippen LogP contribution in [0.15, 0.2) is 35.5 Å². The van der Waals surface area contributed by atoms with Crippen LogP contribution in [-0.4, -0.2) is 29.1 Å². The van der Waals surface area contributed by atoms with Crippen LogP contribution in [0.3, 0.4) is 0 Å². The SMILES string of the molecule is [N-]=[N+]=NCC(O)C(O)c1ccc(/C=C/C=O)cc1. The molecule has 2 atom stereocenters. The van der Waals surface area contributed by atoms with E-state index in [1.54, 1.807) is 30.3 Å². The van der Waals surface area contributed by atoms with Gasteiger partial charge in [0.25, 0.3) is 0 Å². The minimum Gasteiger partial charge on any atom is -0.390 e. The summed E-state index contributed by atoms with van der Waals surface area (Å²) in [6.45, 7) is -0.190. The standard InChI is InChI=1S/C12H13N3O3/c13-15-14-8-11(17)12(18)10-5-3-9(4-6-10)2-1-7-16/h1-7,11-12,17-18H,8H2/b2-1+. The van der Waals surface area contributed by atoms with Crippen molar-refractivity contribution in [2.75, 3.05) is 6.54 Å². The highest BCUT2D eigenvalue weighted by molar-refractivity contribution is 5.73. The van der Waals surface area contributed by atoms with Crippen molar-refractivity contribution in [2.45, 2.75) is 12.2 Å². The van der Waals surface area contributed by atoms with Gasteiger partial charge in [-0.2, -0.15) is 0 Å². The number of nitrogens with zero attached hydrogens (tertiary/aromatic N) is 3. The molecule has 1 aromatic rings. The monoisotopic (exact) mass is 247 g/mol. The molecule has 0 aliphatic heterocycles. The van der Waals surface area contributed by atoms with Crippen LogP contribution in [0.5, 0.6) is 0 Å². The number of benzene rings is 1. The van der Waals surface area contributed by atoms with Crippen molar-refractivity contribution in [3.8, 4) is 0 Å². The summed E-state index contributed by atoms with van der Waals surface area (Å²) in [5, 5.41) is 22.5. The van der Waals surface area contributed by atoms with Crippen molar-refractivity contribution in [2.24, 2.45) is 5.11 Å². The molecular formula is C12H13N3O3. The molecule has 1 aromatic carbocycles. The molecule has 0 radical (unpaired) electrons. The molecule has 0 heterocycles. The number of aliphatic hydroxyl groups is 2. The summed E-state index contributed by atoms with van der Waals surface area (Å²) >= 11 is 0. The lowest BCUT2D eigenvalue weighted by Crippen LogP contribution is -2.21. The fourth-order valence-electron chi connectivity index (χ4n) is 1.40. The van der Waals surface area contributed by atoms with E-state index in [0.717, 1.165) is 5.56 Å². The van der Waals surface area contributed by atoms with Gasteiger partial charge in [0.2, 0.25) is 0 Å². The maximum absolute atomic E-state index is 10.1. The summed E-state index contributed by atoms with van der Waals surface area (Å²) in [5.41, 5.74) is 9.44. The van der Waals surface area contributed by atoms with Crippen LogP contribution in [0.4, 0.5) is 0 Å². The lowest BCUT2D eigenvalue weighted by Gasteiger charge is -2.16. The number of allylic oxidation sites excluding steroid dienone is 1. The van der Waals surface area contributed by atoms with Gasteiger partial charge in [0, 0.05) is 4.91 Å². The predicted octanol–water partition coefficient (Wildman–Crippen LogP) is 1.60. The molecule has 0 fully saturated rings. The minimum atomic E-state index is -1.14. The number of carbonyl (C=O) groups is 1.